The topological polar surface area (TPSA) is 143 Å². The largest absolute Gasteiger partial charge is 0.371 e. The molecular weight excluding hydrogens is 733 g/mol. The van der Waals surface area contributed by atoms with Gasteiger partial charge in [-0.3, -0.25) is 29.1 Å². The van der Waals surface area contributed by atoms with E-state index in [1.54, 1.807) is 46.7 Å². The second kappa shape index (κ2) is 18.3. The standard InChI is InChI=1S/C46H54N6O6/c1-45(2,3)57-37-25-39(51(29-37)41(53)23-33-9-7-21-47-27-33)43(55)49-35-17-13-31(14-18-35)11-12-32-15-19-36(20-16-32)50-44(56)40-26-38(58-46(4,5)6)30-52(40)42(54)24-34-10-8-22-48-28-34/h7-22,27-28,37-40H,23-26,29-30H2,1-6H3,(H,49,55)(H,50,56)/b12-11+/t37-,38-,39+,40+/m1/s1. The van der Waals surface area contributed by atoms with Gasteiger partial charge in [0.25, 0.3) is 0 Å². The summed E-state index contributed by atoms with van der Waals surface area (Å²) in [6, 6.07) is 20.9. The third kappa shape index (κ3) is 11.9. The van der Waals surface area contributed by atoms with Gasteiger partial charge in [-0.2, -0.15) is 0 Å². The van der Waals surface area contributed by atoms with Crippen molar-refractivity contribution in [3.8, 4) is 0 Å². The molecule has 4 heterocycles. The molecule has 0 aliphatic carbocycles. The van der Waals surface area contributed by atoms with Crippen molar-refractivity contribution >= 4 is 47.2 Å². The molecule has 4 amide bonds. The number of carbonyl (C=O) groups excluding carboxylic acids is 4. The van der Waals surface area contributed by atoms with E-state index >= 15 is 0 Å². The molecule has 4 aromatic rings. The summed E-state index contributed by atoms with van der Waals surface area (Å²) in [6.07, 6.45) is 11.2. The minimum atomic E-state index is -0.666. The summed E-state index contributed by atoms with van der Waals surface area (Å²) >= 11 is 0. The SMILES string of the molecule is CC(C)(C)O[C@@H]1C[C@@H](C(=O)Nc2ccc(/C=C/c3ccc(NC(=O)[C@@H]4C[C@@H](OC(C)(C)C)CN4C(=O)Cc4cccnc4)cc3)cc2)N(C(=O)Cc2cccnc2)C1. The van der Waals surface area contributed by atoms with E-state index in [4.69, 9.17) is 9.47 Å². The van der Waals surface area contributed by atoms with Gasteiger partial charge in [0.2, 0.25) is 23.6 Å². The molecule has 2 saturated heterocycles. The van der Waals surface area contributed by atoms with Crippen molar-refractivity contribution in [2.75, 3.05) is 23.7 Å². The molecule has 2 aliphatic heterocycles. The van der Waals surface area contributed by atoms with Gasteiger partial charge in [-0.05, 0) is 100 Å². The summed E-state index contributed by atoms with van der Waals surface area (Å²) in [5.41, 5.74) is 3.85. The number of aromatic nitrogens is 2. The van der Waals surface area contributed by atoms with Crippen LogP contribution in [-0.4, -0.2) is 92.0 Å². The van der Waals surface area contributed by atoms with Gasteiger partial charge in [0.1, 0.15) is 12.1 Å². The third-order valence-corrected chi connectivity index (χ3v) is 9.79. The van der Waals surface area contributed by atoms with Crippen LogP contribution in [0.15, 0.2) is 97.6 Å². The van der Waals surface area contributed by atoms with Gasteiger partial charge in [0, 0.05) is 62.1 Å². The number of hydrogen-bond donors (Lipinski definition) is 2. The number of carbonyl (C=O) groups is 4. The molecule has 2 N–H and O–H groups in total. The van der Waals surface area contributed by atoms with Crippen LogP contribution in [-0.2, 0) is 41.5 Å². The Labute approximate surface area is 341 Å². The quantitative estimate of drug-likeness (QED) is 0.154. The Kier molecular flexibility index (Phi) is 13.2. The van der Waals surface area contributed by atoms with Crippen molar-refractivity contribution < 1.29 is 28.7 Å². The van der Waals surface area contributed by atoms with Crippen molar-refractivity contribution in [1.29, 1.82) is 0 Å². The zero-order valence-corrected chi connectivity index (χ0v) is 34.2. The number of benzene rings is 2. The molecule has 2 aromatic carbocycles. The highest BCUT2D eigenvalue weighted by Gasteiger charge is 2.42. The van der Waals surface area contributed by atoms with Crippen LogP contribution < -0.4 is 10.6 Å². The fourth-order valence-electron chi connectivity index (χ4n) is 7.37. The second-order valence-corrected chi connectivity index (χ2v) is 16.9. The van der Waals surface area contributed by atoms with Crippen LogP contribution in [0.25, 0.3) is 12.2 Å². The molecule has 0 bridgehead atoms. The first-order valence-corrected chi connectivity index (χ1v) is 19.8. The zero-order valence-electron chi connectivity index (χ0n) is 34.2. The fraction of sp³-hybridized carbons (Fsp3) is 0.391. The molecule has 6 rings (SSSR count). The van der Waals surface area contributed by atoms with E-state index in [0.29, 0.717) is 37.3 Å². The second-order valence-electron chi connectivity index (χ2n) is 16.9. The van der Waals surface area contributed by atoms with E-state index in [-0.39, 0.29) is 48.7 Å². The van der Waals surface area contributed by atoms with Crippen molar-refractivity contribution in [2.45, 2.75) is 103 Å². The van der Waals surface area contributed by atoms with E-state index in [1.165, 1.54) is 0 Å². The van der Waals surface area contributed by atoms with Gasteiger partial charge in [-0.15, -0.1) is 0 Å². The number of nitrogens with zero attached hydrogens (tertiary/aromatic N) is 4. The first-order chi connectivity index (χ1) is 27.6. The molecule has 0 spiro atoms. The lowest BCUT2D eigenvalue weighted by Gasteiger charge is -2.25. The van der Waals surface area contributed by atoms with Crippen LogP contribution in [0.1, 0.15) is 76.6 Å². The van der Waals surface area contributed by atoms with E-state index in [2.05, 4.69) is 20.6 Å². The van der Waals surface area contributed by atoms with Gasteiger partial charge in [-0.1, -0.05) is 48.6 Å². The predicted molar refractivity (Wildman–Crippen MR) is 224 cm³/mol. The van der Waals surface area contributed by atoms with Gasteiger partial charge < -0.3 is 29.9 Å². The summed E-state index contributed by atoms with van der Waals surface area (Å²) < 4.78 is 12.4. The maximum Gasteiger partial charge on any atom is 0.247 e. The molecule has 0 saturated carbocycles. The number of anilines is 2. The van der Waals surface area contributed by atoms with Gasteiger partial charge in [0.05, 0.1) is 36.3 Å². The Morgan fingerprint density at radius 3 is 1.33 bits per heavy atom. The van der Waals surface area contributed by atoms with Crippen LogP contribution in [0.3, 0.4) is 0 Å². The van der Waals surface area contributed by atoms with Crippen molar-refractivity contribution in [3.63, 3.8) is 0 Å². The van der Waals surface area contributed by atoms with Gasteiger partial charge in [-0.25, -0.2) is 0 Å². The number of nitrogens with one attached hydrogen (secondary N) is 2. The molecule has 58 heavy (non-hydrogen) atoms. The molecule has 2 fully saturated rings. The lowest BCUT2D eigenvalue weighted by atomic mass is 10.1. The smallest absolute Gasteiger partial charge is 0.247 e. The van der Waals surface area contributed by atoms with Crippen molar-refractivity contribution in [3.05, 3.63) is 120 Å². The molecular formula is C46H54N6O6. The average Bonchev–Trinajstić information content (AvgIpc) is 3.79. The minimum absolute atomic E-state index is 0.145. The zero-order chi connectivity index (χ0) is 41.5. The molecule has 2 aliphatic rings. The molecule has 4 atom stereocenters. The minimum Gasteiger partial charge on any atom is -0.371 e. The molecule has 0 unspecified atom stereocenters. The number of likely N-dealkylation sites (tertiary alicyclic amines) is 2. The summed E-state index contributed by atoms with van der Waals surface area (Å²) in [5, 5.41) is 6.00. The molecule has 12 nitrogen and oxygen atoms in total. The fourth-order valence-corrected chi connectivity index (χ4v) is 7.37. The number of ether oxygens (including phenoxy) is 2. The van der Waals surface area contributed by atoms with E-state index in [9.17, 15) is 19.2 Å². The highest BCUT2D eigenvalue weighted by atomic mass is 16.5. The normalized spacial score (nSPS) is 19.7. The van der Waals surface area contributed by atoms with Crippen LogP contribution in [0.5, 0.6) is 0 Å². The van der Waals surface area contributed by atoms with Gasteiger partial charge >= 0.3 is 0 Å². The summed E-state index contributed by atoms with van der Waals surface area (Å²) in [7, 11) is 0. The van der Waals surface area contributed by atoms with Gasteiger partial charge in [0.15, 0.2) is 0 Å². The van der Waals surface area contributed by atoms with E-state index < -0.39 is 23.3 Å². The Balaban J connectivity index is 1.04. The van der Waals surface area contributed by atoms with Crippen molar-refractivity contribution in [2.24, 2.45) is 0 Å². The first-order valence-electron chi connectivity index (χ1n) is 19.8. The number of hydrogen-bond acceptors (Lipinski definition) is 8. The van der Waals surface area contributed by atoms with Crippen molar-refractivity contribution in [1.82, 2.24) is 19.8 Å². The number of rotatable bonds is 12. The predicted octanol–water partition coefficient (Wildman–Crippen LogP) is 6.58. The average molecular weight is 787 g/mol. The van der Waals surface area contributed by atoms with Crippen LogP contribution >= 0.6 is 0 Å². The highest BCUT2D eigenvalue weighted by Crippen LogP contribution is 2.28. The Hall–Kier alpha value is -5.72. The van der Waals surface area contributed by atoms with E-state index in [0.717, 1.165) is 22.3 Å². The maximum atomic E-state index is 13.6. The lowest BCUT2D eigenvalue weighted by molar-refractivity contribution is -0.136. The lowest BCUT2D eigenvalue weighted by Crippen LogP contribution is -2.44. The third-order valence-electron chi connectivity index (χ3n) is 9.79. The number of pyridine rings is 2. The molecule has 0 radical (unpaired) electrons. The summed E-state index contributed by atoms with van der Waals surface area (Å²) in [4.78, 5) is 65.5. The summed E-state index contributed by atoms with van der Waals surface area (Å²) in [6.45, 7) is 12.5. The van der Waals surface area contributed by atoms with Crippen LogP contribution in [0, 0.1) is 0 Å². The Morgan fingerprint density at radius 2 is 1.00 bits per heavy atom. The Bertz CT molecular complexity index is 1910. The van der Waals surface area contributed by atoms with Crippen LogP contribution in [0.2, 0.25) is 0 Å². The molecule has 12 heteroatoms. The summed E-state index contributed by atoms with van der Waals surface area (Å²) in [5.74, 6) is -0.808. The Morgan fingerprint density at radius 1 is 0.621 bits per heavy atom. The maximum absolute atomic E-state index is 13.6. The first kappa shape index (κ1) is 41.9. The molecule has 2 aromatic heterocycles. The van der Waals surface area contributed by atoms with E-state index in [1.807, 2.05) is 114 Å². The molecule has 304 valence electrons. The monoisotopic (exact) mass is 786 g/mol. The van der Waals surface area contributed by atoms with Crippen LogP contribution in [0.4, 0.5) is 11.4 Å². The number of amides is 4. The highest BCUT2D eigenvalue weighted by molar-refractivity contribution is 5.99.